The molecule has 10 heteroatoms. The molecule has 0 amide bonds. The second-order valence-corrected chi connectivity index (χ2v) is 7.78. The number of nitrogens with zero attached hydrogens (tertiary/aromatic N) is 1. The Bertz CT molecular complexity index is 598. The number of esters is 1. The third-order valence-electron chi connectivity index (χ3n) is 4.63. The van der Waals surface area contributed by atoms with Gasteiger partial charge in [0.05, 0.1) is 25.0 Å². The predicted molar refractivity (Wildman–Crippen MR) is 98.5 cm³/mol. The molecule has 0 saturated carbocycles. The smallest absolute Gasteiger partial charge is 0.303 e. The first-order valence-corrected chi connectivity index (χ1v) is 9.90. The van der Waals surface area contributed by atoms with Crippen LogP contribution in [-0.2, 0) is 23.9 Å². The number of unbranched alkanes of at least 4 members (excludes halogenated alkanes) is 1. The van der Waals surface area contributed by atoms with Gasteiger partial charge in [-0.3, -0.25) is 19.4 Å². The van der Waals surface area contributed by atoms with Crippen molar-refractivity contribution in [1.29, 1.82) is 0 Å². The topological polar surface area (TPSA) is 135 Å². The number of fused-ring (bicyclic) bond motifs is 1. The van der Waals surface area contributed by atoms with Crippen LogP contribution in [0.15, 0.2) is 4.99 Å². The number of nitrogens with one attached hydrogen (secondary N) is 1. The molecule has 2 aliphatic heterocycles. The summed E-state index contributed by atoms with van der Waals surface area (Å²) >= 11 is 1.37. The fourth-order valence-corrected chi connectivity index (χ4v) is 4.58. The Hall–Kier alpha value is -1.81. The van der Waals surface area contributed by atoms with Crippen LogP contribution in [0.2, 0.25) is 0 Å². The van der Waals surface area contributed by atoms with Crippen LogP contribution in [0.1, 0.15) is 39.5 Å². The number of ether oxygens (including phenoxy) is 2. The Kier molecular flexibility index (Phi) is 7.91. The summed E-state index contributed by atoms with van der Waals surface area (Å²) in [7, 11) is 0. The van der Waals surface area contributed by atoms with Gasteiger partial charge in [0, 0.05) is 25.3 Å². The first-order valence-electron chi connectivity index (χ1n) is 9.02. The zero-order valence-corrected chi connectivity index (χ0v) is 16.2. The van der Waals surface area contributed by atoms with E-state index in [9.17, 15) is 24.6 Å². The Labute approximate surface area is 161 Å². The molecule has 5 atom stereocenters. The van der Waals surface area contributed by atoms with Crippen LogP contribution in [0.3, 0.4) is 0 Å². The number of amidine groups is 1. The number of aliphatic carboxylic acids is 2. The normalized spacial score (nSPS) is 29.6. The van der Waals surface area contributed by atoms with E-state index in [0.717, 1.165) is 19.4 Å². The van der Waals surface area contributed by atoms with E-state index in [0.29, 0.717) is 5.17 Å². The average Bonchev–Trinajstić information content (AvgIpc) is 2.97. The molecule has 0 aliphatic carbocycles. The third-order valence-corrected chi connectivity index (χ3v) is 5.72. The SMILES string of the molecule is CCCCNC1=N[C@@H]2[C@H](CC(=O)O)[C@H](CC(=O)O)[C@H](COC(C)=O)O[C@@H]2S1. The van der Waals surface area contributed by atoms with Crippen molar-refractivity contribution in [3.63, 3.8) is 0 Å². The Balaban J connectivity index is 2.21. The van der Waals surface area contributed by atoms with Crippen LogP contribution in [0.4, 0.5) is 0 Å². The number of thioether (sulfide) groups is 1. The largest absolute Gasteiger partial charge is 0.481 e. The van der Waals surface area contributed by atoms with Gasteiger partial charge < -0.3 is 25.0 Å². The summed E-state index contributed by atoms with van der Waals surface area (Å²) in [5, 5.41) is 22.5. The lowest BCUT2D eigenvalue weighted by molar-refractivity contribution is -0.162. The van der Waals surface area contributed by atoms with E-state index in [1.165, 1.54) is 18.7 Å². The third kappa shape index (κ3) is 6.10. The number of carbonyl (C=O) groups excluding carboxylic acids is 1. The molecule has 0 aromatic rings. The second kappa shape index (κ2) is 9.93. The van der Waals surface area contributed by atoms with Gasteiger partial charge in [0.1, 0.15) is 12.0 Å². The van der Waals surface area contributed by atoms with Crippen molar-refractivity contribution >= 4 is 34.8 Å². The summed E-state index contributed by atoms with van der Waals surface area (Å²) in [4.78, 5) is 38.5. The summed E-state index contributed by atoms with van der Waals surface area (Å²) in [6.07, 6.45) is 0.830. The van der Waals surface area contributed by atoms with Crippen molar-refractivity contribution in [2.45, 2.75) is 57.1 Å². The van der Waals surface area contributed by atoms with E-state index < -0.39 is 47.3 Å². The summed E-state index contributed by atoms with van der Waals surface area (Å²) in [6.45, 7) is 3.98. The van der Waals surface area contributed by atoms with Gasteiger partial charge >= 0.3 is 17.9 Å². The van der Waals surface area contributed by atoms with Gasteiger partial charge in [0.15, 0.2) is 5.17 Å². The van der Waals surface area contributed by atoms with Crippen molar-refractivity contribution in [1.82, 2.24) is 5.32 Å². The van der Waals surface area contributed by atoms with Gasteiger partial charge in [-0.05, 0) is 6.42 Å². The van der Waals surface area contributed by atoms with E-state index in [1.807, 2.05) is 0 Å². The van der Waals surface area contributed by atoms with Crippen molar-refractivity contribution < 1.29 is 34.1 Å². The highest BCUT2D eigenvalue weighted by Crippen LogP contribution is 2.44. The number of carbonyl (C=O) groups is 3. The highest BCUT2D eigenvalue weighted by Gasteiger charge is 2.50. The van der Waals surface area contributed by atoms with Gasteiger partial charge in [-0.25, -0.2) is 0 Å². The second-order valence-electron chi connectivity index (χ2n) is 6.69. The molecule has 2 heterocycles. The molecular formula is C17H26N2O7S. The zero-order chi connectivity index (χ0) is 20.0. The lowest BCUT2D eigenvalue weighted by Crippen LogP contribution is -2.50. The summed E-state index contributed by atoms with van der Waals surface area (Å²) < 4.78 is 11.0. The first kappa shape index (κ1) is 21.5. The summed E-state index contributed by atoms with van der Waals surface area (Å²) in [5.74, 6) is -3.70. The minimum atomic E-state index is -1.05. The standard InChI is InChI=1S/C17H26N2O7S/c1-3-4-5-18-17-19-15-11(7-14(23)24)10(6-13(21)22)12(8-25-9(2)20)26-16(15)27-17/h10-12,15-16H,3-8H2,1-2H3,(H,18,19)(H,21,22)(H,23,24)/t10-,11+,12-,15+,16+/m0/s1. The maximum absolute atomic E-state index is 11.4. The number of aliphatic imine (C=N–C) groups is 1. The quantitative estimate of drug-likeness (QED) is 0.385. The number of hydrogen-bond acceptors (Lipinski definition) is 8. The maximum atomic E-state index is 11.4. The Morgan fingerprint density at radius 1 is 1.22 bits per heavy atom. The van der Waals surface area contributed by atoms with Gasteiger partial charge in [0.25, 0.3) is 0 Å². The molecule has 0 spiro atoms. The van der Waals surface area contributed by atoms with Crippen molar-refractivity contribution in [2.24, 2.45) is 16.8 Å². The van der Waals surface area contributed by atoms with Crippen molar-refractivity contribution in [3.8, 4) is 0 Å². The average molecular weight is 402 g/mol. The lowest BCUT2D eigenvalue weighted by atomic mass is 9.76. The number of rotatable bonds is 9. The van der Waals surface area contributed by atoms with Crippen molar-refractivity contribution in [3.05, 3.63) is 0 Å². The van der Waals surface area contributed by atoms with Crippen LogP contribution in [0, 0.1) is 11.8 Å². The maximum Gasteiger partial charge on any atom is 0.303 e. The minimum Gasteiger partial charge on any atom is -0.481 e. The molecule has 0 unspecified atom stereocenters. The van der Waals surface area contributed by atoms with Gasteiger partial charge in [-0.15, -0.1) is 0 Å². The number of hydrogen-bond donors (Lipinski definition) is 3. The molecule has 1 saturated heterocycles. The monoisotopic (exact) mass is 402 g/mol. The van der Waals surface area contributed by atoms with Crippen molar-refractivity contribution in [2.75, 3.05) is 13.2 Å². The van der Waals surface area contributed by atoms with E-state index in [4.69, 9.17) is 9.47 Å². The van der Waals surface area contributed by atoms with Gasteiger partial charge in [-0.1, -0.05) is 25.1 Å². The number of carboxylic acid groups (broad SMARTS) is 2. The molecule has 27 heavy (non-hydrogen) atoms. The fraction of sp³-hybridized carbons (Fsp3) is 0.765. The number of carboxylic acids is 2. The molecule has 0 radical (unpaired) electrons. The highest BCUT2D eigenvalue weighted by molar-refractivity contribution is 8.14. The molecular weight excluding hydrogens is 376 g/mol. The first-order chi connectivity index (χ1) is 12.8. The van der Waals surface area contributed by atoms with E-state index >= 15 is 0 Å². The van der Waals surface area contributed by atoms with E-state index in [2.05, 4.69) is 17.2 Å². The molecule has 152 valence electrons. The van der Waals surface area contributed by atoms with E-state index in [1.54, 1.807) is 0 Å². The molecule has 1 fully saturated rings. The molecule has 0 bridgehead atoms. The highest BCUT2D eigenvalue weighted by atomic mass is 32.2. The molecule has 0 aromatic heterocycles. The van der Waals surface area contributed by atoms with Crippen LogP contribution in [0.25, 0.3) is 0 Å². The zero-order valence-electron chi connectivity index (χ0n) is 15.4. The summed E-state index contributed by atoms with van der Waals surface area (Å²) in [6, 6.07) is -0.451. The van der Waals surface area contributed by atoms with Gasteiger partial charge in [-0.2, -0.15) is 0 Å². The van der Waals surface area contributed by atoms with Crippen LogP contribution in [-0.4, -0.2) is 64.0 Å². The molecule has 3 N–H and O–H groups in total. The lowest BCUT2D eigenvalue weighted by Gasteiger charge is -2.42. The van der Waals surface area contributed by atoms with Crippen LogP contribution < -0.4 is 5.32 Å². The molecule has 2 aliphatic rings. The molecule has 2 rings (SSSR count). The Morgan fingerprint density at radius 3 is 2.48 bits per heavy atom. The molecule has 9 nitrogen and oxygen atoms in total. The van der Waals surface area contributed by atoms with E-state index in [-0.39, 0.29) is 19.4 Å². The summed E-state index contributed by atoms with van der Waals surface area (Å²) in [5.41, 5.74) is -0.427. The van der Waals surface area contributed by atoms with Crippen LogP contribution >= 0.6 is 11.8 Å². The minimum absolute atomic E-state index is 0.105. The van der Waals surface area contributed by atoms with Gasteiger partial charge in [0.2, 0.25) is 0 Å². The predicted octanol–water partition coefficient (Wildman–Crippen LogP) is 1.32. The molecule has 0 aromatic carbocycles. The van der Waals surface area contributed by atoms with Crippen LogP contribution in [0.5, 0.6) is 0 Å². The Morgan fingerprint density at radius 2 is 1.89 bits per heavy atom. The fourth-order valence-electron chi connectivity index (χ4n) is 3.39.